The van der Waals surface area contributed by atoms with Crippen LogP contribution in [0.5, 0.6) is 0 Å². The number of aliphatic carboxylic acids is 1. The Morgan fingerprint density at radius 1 is 1.64 bits per heavy atom. The van der Waals surface area contributed by atoms with E-state index in [1.165, 1.54) is 4.68 Å². The van der Waals surface area contributed by atoms with Crippen molar-refractivity contribution in [1.82, 2.24) is 9.78 Å². The zero-order chi connectivity index (χ0) is 10.1. The van der Waals surface area contributed by atoms with Crippen LogP contribution in [-0.2, 0) is 23.5 Å². The number of hydrogen-bond acceptors (Lipinski definition) is 3. The van der Waals surface area contributed by atoms with Gasteiger partial charge in [-0.05, 0) is 12.2 Å². The summed E-state index contributed by atoms with van der Waals surface area (Å²) in [6.45, 7) is -0.281. The molecule has 1 aromatic rings. The molecule has 2 heterocycles. The Balaban J connectivity index is 2.38. The number of aromatic amines is 1. The largest absolute Gasteiger partial charge is 0.480 e. The van der Waals surface area contributed by atoms with Crippen LogP contribution in [0.25, 0.3) is 0 Å². The molecule has 0 spiro atoms. The molecule has 0 saturated heterocycles. The summed E-state index contributed by atoms with van der Waals surface area (Å²) in [5.41, 5.74) is 1.45. The van der Waals surface area contributed by atoms with Crippen LogP contribution >= 0.6 is 11.8 Å². The lowest BCUT2D eigenvalue weighted by Crippen LogP contribution is -2.23. The minimum atomic E-state index is -1.00. The summed E-state index contributed by atoms with van der Waals surface area (Å²) in [5, 5.41) is 11.4. The van der Waals surface area contributed by atoms with Crippen LogP contribution in [0.4, 0.5) is 0 Å². The van der Waals surface area contributed by atoms with Crippen LogP contribution in [0.1, 0.15) is 11.3 Å². The number of thioether (sulfide) groups is 1. The van der Waals surface area contributed by atoms with Crippen molar-refractivity contribution in [1.29, 1.82) is 0 Å². The molecule has 6 heteroatoms. The number of fused-ring (bicyclic) bond motifs is 1. The molecular weight excluding hydrogens is 204 g/mol. The number of nitrogens with one attached hydrogen (secondary N) is 1. The lowest BCUT2D eigenvalue weighted by molar-refractivity contribution is -0.137. The van der Waals surface area contributed by atoms with Crippen molar-refractivity contribution in [3.8, 4) is 0 Å². The third-order valence-electron chi connectivity index (χ3n) is 2.17. The van der Waals surface area contributed by atoms with Gasteiger partial charge in [-0.25, -0.2) is 4.68 Å². The molecule has 1 aliphatic rings. The van der Waals surface area contributed by atoms with E-state index < -0.39 is 5.97 Å². The van der Waals surface area contributed by atoms with Gasteiger partial charge in [0.05, 0.1) is 0 Å². The molecule has 14 heavy (non-hydrogen) atoms. The summed E-state index contributed by atoms with van der Waals surface area (Å²) in [5.74, 6) is 0.676. The third kappa shape index (κ3) is 1.57. The van der Waals surface area contributed by atoms with E-state index in [1.54, 1.807) is 11.8 Å². The lowest BCUT2D eigenvalue weighted by atomic mass is 10.2. The molecule has 2 N–H and O–H groups in total. The molecule has 0 fully saturated rings. The first kappa shape index (κ1) is 9.39. The Morgan fingerprint density at radius 3 is 3.07 bits per heavy atom. The first-order valence-corrected chi connectivity index (χ1v) is 5.44. The zero-order valence-corrected chi connectivity index (χ0v) is 8.26. The molecule has 5 nitrogen and oxygen atoms in total. The minimum Gasteiger partial charge on any atom is -0.480 e. The van der Waals surface area contributed by atoms with Gasteiger partial charge < -0.3 is 5.11 Å². The van der Waals surface area contributed by atoms with Crippen LogP contribution in [0, 0.1) is 0 Å². The summed E-state index contributed by atoms with van der Waals surface area (Å²) in [6.07, 6.45) is 0.821. The molecule has 0 atom stereocenters. The Morgan fingerprint density at radius 2 is 2.43 bits per heavy atom. The first-order valence-electron chi connectivity index (χ1n) is 4.28. The van der Waals surface area contributed by atoms with Crippen LogP contribution in [0.3, 0.4) is 0 Å². The predicted molar refractivity (Wildman–Crippen MR) is 52.6 cm³/mol. The first-order chi connectivity index (χ1) is 6.68. The number of aryl methyl sites for hydroxylation is 1. The van der Waals surface area contributed by atoms with Gasteiger partial charge in [0.15, 0.2) is 0 Å². The highest BCUT2D eigenvalue weighted by atomic mass is 32.2. The van der Waals surface area contributed by atoms with Gasteiger partial charge in [0.1, 0.15) is 6.54 Å². The van der Waals surface area contributed by atoms with E-state index in [4.69, 9.17) is 5.11 Å². The number of carboxylic acid groups (broad SMARTS) is 1. The molecule has 0 unspecified atom stereocenters. The number of rotatable bonds is 2. The molecule has 0 bridgehead atoms. The normalized spacial score (nSPS) is 15.1. The van der Waals surface area contributed by atoms with E-state index in [2.05, 4.69) is 5.10 Å². The van der Waals surface area contributed by atoms with Gasteiger partial charge in [-0.15, -0.1) is 0 Å². The van der Waals surface area contributed by atoms with Crippen molar-refractivity contribution < 1.29 is 9.90 Å². The summed E-state index contributed by atoms with van der Waals surface area (Å²) in [6, 6.07) is 0. The highest BCUT2D eigenvalue weighted by Gasteiger charge is 2.18. The number of aromatic nitrogens is 2. The fourth-order valence-electron chi connectivity index (χ4n) is 1.52. The van der Waals surface area contributed by atoms with Crippen molar-refractivity contribution >= 4 is 17.7 Å². The summed E-state index contributed by atoms with van der Waals surface area (Å²) in [7, 11) is 0. The SMILES string of the molecule is O=C(O)Cn1[nH]c2c(c1=O)CSCC2. The maximum absolute atomic E-state index is 11.6. The predicted octanol–water partition coefficient (Wildman–Crippen LogP) is 0.0503. The highest BCUT2D eigenvalue weighted by molar-refractivity contribution is 7.98. The van der Waals surface area contributed by atoms with Crippen molar-refractivity contribution in [2.75, 3.05) is 5.75 Å². The van der Waals surface area contributed by atoms with E-state index in [0.29, 0.717) is 5.75 Å². The molecule has 2 rings (SSSR count). The monoisotopic (exact) mass is 214 g/mol. The van der Waals surface area contributed by atoms with Gasteiger partial charge in [0.2, 0.25) is 0 Å². The molecule has 0 aromatic carbocycles. The maximum Gasteiger partial charge on any atom is 0.325 e. The van der Waals surface area contributed by atoms with Crippen LogP contribution < -0.4 is 5.56 Å². The molecule has 76 valence electrons. The van der Waals surface area contributed by atoms with Crippen molar-refractivity contribution in [3.05, 3.63) is 21.6 Å². The summed E-state index contributed by atoms with van der Waals surface area (Å²) >= 11 is 1.70. The highest BCUT2D eigenvalue weighted by Crippen LogP contribution is 2.19. The fourth-order valence-corrected chi connectivity index (χ4v) is 2.52. The number of carboxylic acids is 1. The van der Waals surface area contributed by atoms with Crippen LogP contribution in [-0.4, -0.2) is 26.6 Å². The maximum atomic E-state index is 11.6. The van der Waals surface area contributed by atoms with Crippen molar-refractivity contribution in [2.24, 2.45) is 0 Å². The summed E-state index contributed by atoms with van der Waals surface area (Å²) < 4.78 is 1.17. The number of carbonyl (C=O) groups is 1. The third-order valence-corrected chi connectivity index (χ3v) is 3.16. The van der Waals surface area contributed by atoms with E-state index in [-0.39, 0.29) is 12.1 Å². The number of nitrogens with zero attached hydrogens (tertiary/aromatic N) is 1. The lowest BCUT2D eigenvalue weighted by Gasteiger charge is -2.07. The van der Waals surface area contributed by atoms with Gasteiger partial charge in [0, 0.05) is 17.0 Å². The molecule has 0 amide bonds. The van der Waals surface area contributed by atoms with Crippen LogP contribution in [0.2, 0.25) is 0 Å². The second-order valence-electron chi connectivity index (χ2n) is 3.16. The smallest absolute Gasteiger partial charge is 0.325 e. The van der Waals surface area contributed by atoms with Crippen LogP contribution in [0.15, 0.2) is 4.79 Å². The number of H-pyrrole nitrogens is 1. The molecule has 0 saturated carbocycles. The van der Waals surface area contributed by atoms with E-state index in [1.807, 2.05) is 0 Å². The quantitative estimate of drug-likeness (QED) is 0.729. The molecular formula is C8H10N2O3S. The fraction of sp³-hybridized carbons (Fsp3) is 0.500. The number of hydrogen-bond donors (Lipinski definition) is 2. The van der Waals surface area contributed by atoms with E-state index in [9.17, 15) is 9.59 Å². The molecule has 0 aliphatic carbocycles. The molecule has 1 aromatic heterocycles. The van der Waals surface area contributed by atoms with E-state index >= 15 is 0 Å². The van der Waals surface area contributed by atoms with Gasteiger partial charge in [0.25, 0.3) is 5.56 Å². The Kier molecular flexibility index (Phi) is 2.37. The summed E-state index contributed by atoms with van der Waals surface area (Å²) in [4.78, 5) is 22.1. The average molecular weight is 214 g/mol. The van der Waals surface area contributed by atoms with Crippen molar-refractivity contribution in [3.63, 3.8) is 0 Å². The van der Waals surface area contributed by atoms with Gasteiger partial charge in [-0.2, -0.15) is 11.8 Å². The van der Waals surface area contributed by atoms with E-state index in [0.717, 1.165) is 23.4 Å². The standard InChI is InChI=1S/C8H10N2O3S/c11-7(12)3-10-8(13)5-4-14-2-1-6(5)9-10/h9H,1-4H2,(H,11,12). The zero-order valence-electron chi connectivity index (χ0n) is 7.45. The molecule has 0 radical (unpaired) electrons. The topological polar surface area (TPSA) is 75.1 Å². The Labute approximate surface area is 84.1 Å². The van der Waals surface area contributed by atoms with Crippen molar-refractivity contribution in [2.45, 2.75) is 18.7 Å². The minimum absolute atomic E-state index is 0.186. The van der Waals surface area contributed by atoms with Gasteiger partial charge in [-0.1, -0.05) is 0 Å². The average Bonchev–Trinajstić information content (AvgIpc) is 2.44. The Bertz CT molecular complexity index is 421. The Hall–Kier alpha value is -1.17. The van der Waals surface area contributed by atoms with Gasteiger partial charge in [-0.3, -0.25) is 14.7 Å². The second kappa shape index (κ2) is 3.53. The van der Waals surface area contributed by atoms with Gasteiger partial charge >= 0.3 is 5.97 Å². The second-order valence-corrected chi connectivity index (χ2v) is 4.26. The molecule has 1 aliphatic heterocycles.